The average molecular weight is 315 g/mol. The highest BCUT2D eigenvalue weighted by molar-refractivity contribution is 7.09. The molecule has 1 heterocycles. The van der Waals surface area contributed by atoms with Gasteiger partial charge in [0.15, 0.2) is 6.10 Å². The van der Waals surface area contributed by atoms with E-state index in [1.54, 1.807) is 42.5 Å². The Bertz CT molecular complexity index is 691. The van der Waals surface area contributed by atoms with Crippen LogP contribution in [0, 0.1) is 18.3 Å². The first-order valence-corrected chi connectivity index (χ1v) is 7.82. The first kappa shape index (κ1) is 16.0. The second-order valence-corrected chi connectivity index (χ2v) is 5.83. The van der Waals surface area contributed by atoms with Crippen LogP contribution in [0.25, 0.3) is 0 Å². The Morgan fingerprint density at radius 2 is 2.27 bits per heavy atom. The fraction of sp³-hybridized carbons (Fsp3) is 0.312. The summed E-state index contributed by atoms with van der Waals surface area (Å²) in [6.45, 7) is 4.13. The molecule has 5 nitrogen and oxygen atoms in total. The fourth-order valence-corrected chi connectivity index (χ4v) is 2.53. The number of rotatable bonds is 6. The van der Waals surface area contributed by atoms with Crippen molar-refractivity contribution in [2.24, 2.45) is 0 Å². The molecule has 1 aromatic carbocycles. The number of nitrogens with one attached hydrogen (secondary N) is 1. The van der Waals surface area contributed by atoms with Crippen LogP contribution >= 0.6 is 11.3 Å². The predicted molar refractivity (Wildman–Crippen MR) is 84.8 cm³/mol. The van der Waals surface area contributed by atoms with Gasteiger partial charge < -0.3 is 10.1 Å². The lowest BCUT2D eigenvalue weighted by atomic mass is 10.2. The minimum absolute atomic E-state index is 0.209. The van der Waals surface area contributed by atoms with Gasteiger partial charge in [0.05, 0.1) is 16.3 Å². The third-order valence-electron chi connectivity index (χ3n) is 3.03. The molecule has 1 amide bonds. The smallest absolute Gasteiger partial charge is 0.260 e. The Hall–Kier alpha value is -2.39. The van der Waals surface area contributed by atoms with Gasteiger partial charge in [0, 0.05) is 18.3 Å². The van der Waals surface area contributed by atoms with Crippen LogP contribution in [0.1, 0.15) is 23.2 Å². The molecule has 22 heavy (non-hydrogen) atoms. The maximum atomic E-state index is 12.0. The second-order valence-electron chi connectivity index (χ2n) is 4.77. The van der Waals surface area contributed by atoms with Crippen molar-refractivity contribution in [2.45, 2.75) is 26.4 Å². The van der Waals surface area contributed by atoms with Crippen LogP contribution in [0.5, 0.6) is 5.75 Å². The molecule has 0 radical (unpaired) electrons. The summed E-state index contributed by atoms with van der Waals surface area (Å²) in [5.74, 6) is 0.211. The zero-order valence-electron chi connectivity index (χ0n) is 12.5. The summed E-state index contributed by atoms with van der Waals surface area (Å²) in [7, 11) is 0. The molecule has 0 saturated carbocycles. The average Bonchev–Trinajstić information content (AvgIpc) is 2.93. The lowest BCUT2D eigenvalue weighted by molar-refractivity contribution is -0.127. The molecule has 0 fully saturated rings. The van der Waals surface area contributed by atoms with Crippen molar-refractivity contribution in [1.29, 1.82) is 5.26 Å². The lowest BCUT2D eigenvalue weighted by Crippen LogP contribution is -2.37. The SMILES string of the molecule is Cc1nc(CCNC(=O)[C@@H](C)Oc2ccccc2C#N)cs1. The van der Waals surface area contributed by atoms with E-state index >= 15 is 0 Å². The van der Waals surface area contributed by atoms with Gasteiger partial charge in [-0.15, -0.1) is 11.3 Å². The Balaban J connectivity index is 1.83. The number of carbonyl (C=O) groups is 1. The summed E-state index contributed by atoms with van der Waals surface area (Å²) in [6, 6.07) is 8.91. The number of para-hydroxylation sites is 1. The molecule has 0 spiro atoms. The zero-order valence-corrected chi connectivity index (χ0v) is 13.3. The molecule has 1 aromatic heterocycles. The first-order chi connectivity index (χ1) is 10.6. The van der Waals surface area contributed by atoms with E-state index in [9.17, 15) is 4.79 Å². The molecule has 1 atom stereocenters. The summed E-state index contributed by atoms with van der Waals surface area (Å²) in [4.78, 5) is 16.3. The molecule has 2 aromatic rings. The van der Waals surface area contributed by atoms with E-state index in [0.717, 1.165) is 10.7 Å². The molecule has 0 unspecified atom stereocenters. The van der Waals surface area contributed by atoms with Crippen LogP contribution in [0.3, 0.4) is 0 Å². The fourth-order valence-electron chi connectivity index (χ4n) is 1.89. The molecule has 0 bridgehead atoms. The van der Waals surface area contributed by atoms with Crippen molar-refractivity contribution in [3.05, 3.63) is 45.9 Å². The van der Waals surface area contributed by atoms with Gasteiger partial charge in [-0.2, -0.15) is 5.26 Å². The number of aryl methyl sites for hydroxylation is 1. The van der Waals surface area contributed by atoms with E-state index in [1.165, 1.54) is 0 Å². The second kappa shape index (κ2) is 7.57. The third kappa shape index (κ3) is 4.30. The summed E-state index contributed by atoms with van der Waals surface area (Å²) in [5.41, 5.74) is 1.39. The number of amides is 1. The van der Waals surface area contributed by atoms with E-state index in [0.29, 0.717) is 24.3 Å². The molecule has 6 heteroatoms. The summed E-state index contributed by atoms with van der Waals surface area (Å²) >= 11 is 1.60. The maximum absolute atomic E-state index is 12.0. The third-order valence-corrected chi connectivity index (χ3v) is 3.85. The number of nitrogens with zero attached hydrogens (tertiary/aromatic N) is 2. The number of carbonyl (C=O) groups excluding carboxylic acids is 1. The highest BCUT2D eigenvalue weighted by Gasteiger charge is 2.15. The topological polar surface area (TPSA) is 75.0 Å². The largest absolute Gasteiger partial charge is 0.480 e. The van der Waals surface area contributed by atoms with Gasteiger partial charge in [0.1, 0.15) is 11.8 Å². The van der Waals surface area contributed by atoms with Crippen molar-refractivity contribution < 1.29 is 9.53 Å². The summed E-state index contributed by atoms with van der Waals surface area (Å²) in [6.07, 6.45) is 0.0316. The van der Waals surface area contributed by atoms with Gasteiger partial charge in [0.2, 0.25) is 0 Å². The van der Waals surface area contributed by atoms with E-state index in [4.69, 9.17) is 10.00 Å². The van der Waals surface area contributed by atoms with Crippen LogP contribution in [0.4, 0.5) is 0 Å². The van der Waals surface area contributed by atoms with Gasteiger partial charge in [-0.05, 0) is 26.0 Å². The minimum atomic E-state index is -0.660. The summed E-state index contributed by atoms with van der Waals surface area (Å²) in [5, 5.41) is 14.8. The molecule has 0 aliphatic rings. The van der Waals surface area contributed by atoms with Crippen molar-refractivity contribution in [2.75, 3.05) is 6.54 Å². The molecule has 2 rings (SSSR count). The quantitative estimate of drug-likeness (QED) is 0.888. The minimum Gasteiger partial charge on any atom is -0.480 e. The number of ether oxygens (including phenoxy) is 1. The Kier molecular flexibility index (Phi) is 5.50. The molecule has 114 valence electrons. The van der Waals surface area contributed by atoms with E-state index in [1.807, 2.05) is 18.4 Å². The Morgan fingerprint density at radius 3 is 2.95 bits per heavy atom. The maximum Gasteiger partial charge on any atom is 0.260 e. The predicted octanol–water partition coefficient (Wildman–Crippen LogP) is 2.45. The van der Waals surface area contributed by atoms with E-state index in [-0.39, 0.29) is 5.91 Å². The monoisotopic (exact) mass is 315 g/mol. The lowest BCUT2D eigenvalue weighted by Gasteiger charge is -2.15. The van der Waals surface area contributed by atoms with Crippen molar-refractivity contribution in [3.8, 4) is 11.8 Å². The van der Waals surface area contributed by atoms with E-state index in [2.05, 4.69) is 10.3 Å². The van der Waals surface area contributed by atoms with Crippen LogP contribution in [0.15, 0.2) is 29.6 Å². The molecule has 0 aliphatic carbocycles. The standard InChI is InChI=1S/C16H17N3O2S/c1-11(21-15-6-4-3-5-13(15)9-17)16(20)18-8-7-14-10-22-12(2)19-14/h3-6,10-11H,7-8H2,1-2H3,(H,18,20)/t11-/m1/s1. The van der Waals surface area contributed by atoms with Crippen LogP contribution in [-0.4, -0.2) is 23.5 Å². The van der Waals surface area contributed by atoms with Crippen molar-refractivity contribution in [3.63, 3.8) is 0 Å². The summed E-state index contributed by atoms with van der Waals surface area (Å²) < 4.78 is 5.56. The number of thiazole rings is 1. The highest BCUT2D eigenvalue weighted by atomic mass is 32.1. The normalized spacial score (nSPS) is 11.5. The van der Waals surface area contributed by atoms with Crippen LogP contribution < -0.4 is 10.1 Å². The Labute approximate surface area is 133 Å². The van der Waals surface area contributed by atoms with Gasteiger partial charge in [-0.1, -0.05) is 12.1 Å². The van der Waals surface area contributed by atoms with E-state index < -0.39 is 6.10 Å². The molecule has 0 saturated heterocycles. The molecular weight excluding hydrogens is 298 g/mol. The number of aromatic nitrogens is 1. The molecular formula is C16H17N3O2S. The molecule has 1 N–H and O–H groups in total. The van der Waals surface area contributed by atoms with Gasteiger partial charge in [-0.25, -0.2) is 4.98 Å². The van der Waals surface area contributed by atoms with Crippen LogP contribution in [-0.2, 0) is 11.2 Å². The first-order valence-electron chi connectivity index (χ1n) is 6.94. The number of benzene rings is 1. The van der Waals surface area contributed by atoms with Gasteiger partial charge in [0.25, 0.3) is 5.91 Å². The highest BCUT2D eigenvalue weighted by Crippen LogP contribution is 2.18. The number of nitriles is 1. The van der Waals surface area contributed by atoms with Gasteiger partial charge in [-0.3, -0.25) is 4.79 Å². The van der Waals surface area contributed by atoms with Crippen molar-refractivity contribution in [1.82, 2.24) is 10.3 Å². The zero-order chi connectivity index (χ0) is 15.9. The number of hydrogen-bond acceptors (Lipinski definition) is 5. The van der Waals surface area contributed by atoms with Gasteiger partial charge >= 0.3 is 0 Å². The number of hydrogen-bond donors (Lipinski definition) is 1. The Morgan fingerprint density at radius 1 is 1.50 bits per heavy atom. The van der Waals surface area contributed by atoms with Crippen LogP contribution in [0.2, 0.25) is 0 Å². The molecule has 0 aliphatic heterocycles. The van der Waals surface area contributed by atoms with Crippen molar-refractivity contribution >= 4 is 17.2 Å².